The van der Waals surface area contributed by atoms with Gasteiger partial charge in [-0.25, -0.2) is 0 Å². The molecule has 2 aromatic carbocycles. The van der Waals surface area contributed by atoms with Crippen LogP contribution in [0, 0.1) is 0 Å². The summed E-state index contributed by atoms with van der Waals surface area (Å²) >= 11 is 0. The molecule has 0 N–H and O–H groups in total. The van der Waals surface area contributed by atoms with E-state index in [1.165, 1.54) is 42.4 Å². The molecular weight excluding hydrogens is 228 g/mol. The molecule has 2 aliphatic carbocycles. The van der Waals surface area contributed by atoms with Crippen molar-refractivity contribution < 1.29 is 0 Å². The largest absolute Gasteiger partial charge is 0.0619 e. The molecule has 0 amide bonds. The molecular formula is C19H20. The minimum absolute atomic E-state index is 0.165. The van der Waals surface area contributed by atoms with Gasteiger partial charge >= 0.3 is 0 Å². The molecule has 0 atom stereocenters. The molecule has 0 saturated carbocycles. The van der Waals surface area contributed by atoms with E-state index in [-0.39, 0.29) is 5.41 Å². The third kappa shape index (κ3) is 1.40. The molecule has 0 aromatic heterocycles. The van der Waals surface area contributed by atoms with Crippen LogP contribution in [0.5, 0.6) is 0 Å². The van der Waals surface area contributed by atoms with Gasteiger partial charge in [-0.3, -0.25) is 0 Å². The van der Waals surface area contributed by atoms with Crippen LogP contribution in [-0.2, 0) is 18.3 Å². The molecule has 2 aromatic rings. The van der Waals surface area contributed by atoms with Gasteiger partial charge in [0.25, 0.3) is 0 Å². The topological polar surface area (TPSA) is 0 Å². The van der Waals surface area contributed by atoms with E-state index in [0.29, 0.717) is 0 Å². The average Bonchev–Trinajstić information content (AvgIpc) is 2.68. The van der Waals surface area contributed by atoms with Gasteiger partial charge < -0.3 is 0 Å². The van der Waals surface area contributed by atoms with E-state index in [1.54, 1.807) is 16.7 Å². The first-order chi connectivity index (χ1) is 9.19. The van der Waals surface area contributed by atoms with Gasteiger partial charge in [-0.15, -0.1) is 0 Å². The summed E-state index contributed by atoms with van der Waals surface area (Å²) in [7, 11) is 0. The number of hydrogen-bond donors (Lipinski definition) is 0. The maximum atomic E-state index is 2.39. The van der Waals surface area contributed by atoms with Crippen LogP contribution in [-0.4, -0.2) is 0 Å². The van der Waals surface area contributed by atoms with E-state index in [9.17, 15) is 0 Å². The maximum absolute atomic E-state index is 2.39. The Hall–Kier alpha value is -1.56. The highest BCUT2D eigenvalue weighted by Gasteiger charge is 2.37. The summed E-state index contributed by atoms with van der Waals surface area (Å²) < 4.78 is 0. The van der Waals surface area contributed by atoms with Crippen molar-refractivity contribution in [2.45, 2.75) is 44.9 Å². The van der Waals surface area contributed by atoms with Crippen LogP contribution in [0.2, 0.25) is 0 Å². The molecule has 0 spiro atoms. The Morgan fingerprint density at radius 2 is 1.63 bits per heavy atom. The second kappa shape index (κ2) is 3.72. The molecule has 0 fully saturated rings. The minimum atomic E-state index is 0.165. The Bertz CT molecular complexity index is 662. The van der Waals surface area contributed by atoms with Crippen LogP contribution in [0.25, 0.3) is 11.1 Å². The van der Waals surface area contributed by atoms with E-state index in [0.717, 1.165) is 0 Å². The third-order valence-corrected chi connectivity index (χ3v) is 5.08. The Kier molecular flexibility index (Phi) is 2.21. The fraction of sp³-hybridized carbons (Fsp3) is 0.368. The van der Waals surface area contributed by atoms with Gasteiger partial charge in [0.05, 0.1) is 0 Å². The fourth-order valence-electron chi connectivity index (χ4n) is 4.05. The van der Waals surface area contributed by atoms with Crippen molar-refractivity contribution in [3.8, 4) is 11.1 Å². The number of fused-ring (bicyclic) bond motifs is 5. The van der Waals surface area contributed by atoms with Gasteiger partial charge in [0.2, 0.25) is 0 Å². The summed E-state index contributed by atoms with van der Waals surface area (Å²) in [5.74, 6) is 0. The van der Waals surface area contributed by atoms with E-state index < -0.39 is 0 Å². The van der Waals surface area contributed by atoms with Crippen LogP contribution in [0.4, 0.5) is 0 Å². The highest BCUT2D eigenvalue weighted by Crippen LogP contribution is 2.51. The van der Waals surface area contributed by atoms with Gasteiger partial charge in [0, 0.05) is 5.41 Å². The zero-order chi connectivity index (χ0) is 13.0. The highest BCUT2D eigenvalue weighted by atomic mass is 14.4. The molecule has 4 rings (SSSR count). The summed E-state index contributed by atoms with van der Waals surface area (Å²) in [5.41, 5.74) is 9.50. The zero-order valence-electron chi connectivity index (χ0n) is 11.8. The molecule has 0 bridgehead atoms. The van der Waals surface area contributed by atoms with Crippen LogP contribution in [0.3, 0.4) is 0 Å². The summed E-state index contributed by atoms with van der Waals surface area (Å²) in [5, 5.41) is 0. The van der Waals surface area contributed by atoms with Gasteiger partial charge in [-0.2, -0.15) is 0 Å². The summed E-state index contributed by atoms with van der Waals surface area (Å²) in [6, 6.07) is 13.8. The molecule has 96 valence electrons. The number of hydrogen-bond acceptors (Lipinski definition) is 0. The highest BCUT2D eigenvalue weighted by molar-refractivity contribution is 5.84. The van der Waals surface area contributed by atoms with Crippen LogP contribution < -0.4 is 0 Å². The van der Waals surface area contributed by atoms with E-state index in [2.05, 4.69) is 50.2 Å². The smallest absolute Gasteiger partial charge is 0.0158 e. The SMILES string of the molecule is CC1(C)c2ccccc2-c2c1ccc1c2CCCC1. The first-order valence-corrected chi connectivity index (χ1v) is 7.45. The van der Waals surface area contributed by atoms with Gasteiger partial charge in [-0.1, -0.05) is 50.2 Å². The summed E-state index contributed by atoms with van der Waals surface area (Å²) in [6.07, 6.45) is 5.25. The zero-order valence-corrected chi connectivity index (χ0v) is 11.8. The van der Waals surface area contributed by atoms with Crippen molar-refractivity contribution in [3.05, 3.63) is 58.7 Å². The van der Waals surface area contributed by atoms with E-state index in [1.807, 2.05) is 0 Å². The molecule has 19 heavy (non-hydrogen) atoms. The second-order valence-corrected chi connectivity index (χ2v) is 6.50. The van der Waals surface area contributed by atoms with Crippen molar-refractivity contribution in [1.29, 1.82) is 0 Å². The van der Waals surface area contributed by atoms with Crippen LogP contribution in [0.1, 0.15) is 48.9 Å². The Balaban J connectivity index is 2.09. The average molecular weight is 248 g/mol. The minimum Gasteiger partial charge on any atom is -0.0619 e. The molecule has 2 aliphatic rings. The molecule has 0 heterocycles. The predicted molar refractivity (Wildman–Crippen MR) is 80.6 cm³/mol. The number of benzene rings is 2. The monoisotopic (exact) mass is 248 g/mol. The number of rotatable bonds is 0. The first-order valence-electron chi connectivity index (χ1n) is 7.45. The van der Waals surface area contributed by atoms with E-state index >= 15 is 0 Å². The standard InChI is InChI=1S/C19H20/c1-19(2)16-10-6-5-9-15(16)18-14-8-4-3-7-13(14)11-12-17(18)19/h5-6,9-12H,3-4,7-8H2,1-2H3. The second-order valence-electron chi connectivity index (χ2n) is 6.50. The normalized spacial score (nSPS) is 18.6. The lowest BCUT2D eigenvalue weighted by Crippen LogP contribution is -2.15. The van der Waals surface area contributed by atoms with Gasteiger partial charge in [0.15, 0.2) is 0 Å². The molecule has 0 heteroatoms. The van der Waals surface area contributed by atoms with Gasteiger partial charge in [-0.05, 0) is 59.1 Å². The van der Waals surface area contributed by atoms with Crippen molar-refractivity contribution in [2.75, 3.05) is 0 Å². The van der Waals surface area contributed by atoms with Gasteiger partial charge in [0.1, 0.15) is 0 Å². The Morgan fingerprint density at radius 1 is 0.842 bits per heavy atom. The quantitative estimate of drug-likeness (QED) is 0.624. The van der Waals surface area contributed by atoms with Crippen molar-refractivity contribution >= 4 is 0 Å². The van der Waals surface area contributed by atoms with Crippen molar-refractivity contribution in [3.63, 3.8) is 0 Å². The first kappa shape index (κ1) is 11.3. The summed E-state index contributed by atoms with van der Waals surface area (Å²) in [4.78, 5) is 0. The Labute approximate surface area is 115 Å². The van der Waals surface area contributed by atoms with Crippen molar-refractivity contribution in [2.24, 2.45) is 0 Å². The third-order valence-electron chi connectivity index (χ3n) is 5.08. The fourth-order valence-corrected chi connectivity index (χ4v) is 4.05. The molecule has 0 saturated heterocycles. The van der Waals surface area contributed by atoms with Crippen LogP contribution in [0.15, 0.2) is 36.4 Å². The van der Waals surface area contributed by atoms with Crippen LogP contribution >= 0.6 is 0 Å². The number of aryl methyl sites for hydroxylation is 1. The molecule has 0 nitrogen and oxygen atoms in total. The molecule has 0 radical (unpaired) electrons. The lowest BCUT2D eigenvalue weighted by Gasteiger charge is -2.24. The molecule has 0 aliphatic heterocycles. The van der Waals surface area contributed by atoms with E-state index in [4.69, 9.17) is 0 Å². The van der Waals surface area contributed by atoms with Crippen molar-refractivity contribution in [1.82, 2.24) is 0 Å². The maximum Gasteiger partial charge on any atom is 0.0158 e. The lowest BCUT2D eigenvalue weighted by molar-refractivity contribution is 0.653. The molecule has 0 unspecified atom stereocenters. The predicted octanol–water partition coefficient (Wildman–Crippen LogP) is 4.87. The lowest BCUT2D eigenvalue weighted by atomic mass is 9.80. The Morgan fingerprint density at radius 3 is 2.53 bits per heavy atom. The summed E-state index contributed by atoms with van der Waals surface area (Å²) in [6.45, 7) is 4.74.